The molecule has 0 aliphatic carbocycles. The fourth-order valence-electron chi connectivity index (χ4n) is 1.75. The van der Waals surface area contributed by atoms with Crippen LogP contribution in [0.15, 0.2) is 42.5 Å². The van der Waals surface area contributed by atoms with Crippen molar-refractivity contribution in [3.63, 3.8) is 0 Å². The molecule has 0 spiro atoms. The van der Waals surface area contributed by atoms with Gasteiger partial charge in [0.1, 0.15) is 0 Å². The number of carboxylic acid groups (broad SMARTS) is 1. The second-order valence-corrected chi connectivity index (χ2v) is 4.55. The van der Waals surface area contributed by atoms with Gasteiger partial charge in [0.05, 0.1) is 11.1 Å². The maximum absolute atomic E-state index is 12.7. The minimum atomic E-state index is -4.45. The Labute approximate surface area is 117 Å². The van der Waals surface area contributed by atoms with Crippen LogP contribution in [0, 0.1) is 0 Å². The Balaban J connectivity index is 2.54. The highest BCUT2D eigenvalue weighted by Gasteiger charge is 2.30. The molecule has 2 rings (SSSR count). The van der Waals surface area contributed by atoms with E-state index in [1.807, 2.05) is 0 Å². The maximum Gasteiger partial charge on any atom is 0.416 e. The van der Waals surface area contributed by atoms with Gasteiger partial charge in [0.2, 0.25) is 0 Å². The van der Waals surface area contributed by atoms with Crippen molar-refractivity contribution in [3.05, 3.63) is 58.6 Å². The molecule has 20 heavy (non-hydrogen) atoms. The van der Waals surface area contributed by atoms with Gasteiger partial charge in [0.25, 0.3) is 0 Å². The molecule has 0 radical (unpaired) electrons. The van der Waals surface area contributed by atoms with E-state index in [1.54, 1.807) is 0 Å². The van der Waals surface area contributed by atoms with E-state index in [1.165, 1.54) is 30.3 Å². The van der Waals surface area contributed by atoms with Crippen molar-refractivity contribution in [2.45, 2.75) is 6.18 Å². The van der Waals surface area contributed by atoms with Gasteiger partial charge in [-0.3, -0.25) is 0 Å². The Morgan fingerprint density at radius 3 is 2.35 bits per heavy atom. The van der Waals surface area contributed by atoms with Gasteiger partial charge in [0, 0.05) is 5.02 Å². The zero-order valence-electron chi connectivity index (χ0n) is 9.91. The van der Waals surface area contributed by atoms with Crippen molar-refractivity contribution in [2.75, 3.05) is 0 Å². The van der Waals surface area contributed by atoms with Crippen molar-refractivity contribution in [2.24, 2.45) is 0 Å². The Hall–Kier alpha value is -2.01. The van der Waals surface area contributed by atoms with Crippen molar-refractivity contribution in [1.29, 1.82) is 0 Å². The summed E-state index contributed by atoms with van der Waals surface area (Å²) in [4.78, 5) is 10.9. The Bertz CT molecular complexity index is 666. The molecule has 0 saturated heterocycles. The Morgan fingerprint density at radius 2 is 1.75 bits per heavy atom. The minimum absolute atomic E-state index is 0.0788. The summed E-state index contributed by atoms with van der Waals surface area (Å²) in [6.07, 6.45) is -4.45. The lowest BCUT2D eigenvalue weighted by molar-refractivity contribution is -0.137. The van der Waals surface area contributed by atoms with Crippen LogP contribution in [0.2, 0.25) is 5.02 Å². The lowest BCUT2D eigenvalue weighted by Crippen LogP contribution is -2.04. The van der Waals surface area contributed by atoms with Crippen LogP contribution < -0.4 is 0 Å². The van der Waals surface area contributed by atoms with Crippen LogP contribution >= 0.6 is 11.6 Å². The predicted octanol–water partition coefficient (Wildman–Crippen LogP) is 4.72. The zero-order chi connectivity index (χ0) is 14.9. The van der Waals surface area contributed by atoms with Crippen molar-refractivity contribution in [3.8, 4) is 11.1 Å². The SMILES string of the molecule is O=C(O)c1cc(Cl)cc(-c2cccc(C(F)(F)F)c2)c1. The molecule has 0 saturated carbocycles. The van der Waals surface area contributed by atoms with Crippen LogP contribution in [0.3, 0.4) is 0 Å². The van der Waals surface area contributed by atoms with Gasteiger partial charge in [-0.25, -0.2) is 4.79 Å². The molecular formula is C14H8ClF3O2. The van der Waals surface area contributed by atoms with E-state index in [2.05, 4.69) is 0 Å². The number of alkyl halides is 3. The molecule has 104 valence electrons. The van der Waals surface area contributed by atoms with E-state index in [0.29, 0.717) is 5.56 Å². The molecule has 1 N–H and O–H groups in total. The maximum atomic E-state index is 12.7. The second-order valence-electron chi connectivity index (χ2n) is 4.11. The van der Waals surface area contributed by atoms with Gasteiger partial charge in [-0.15, -0.1) is 0 Å². The summed E-state index contributed by atoms with van der Waals surface area (Å²) in [6.45, 7) is 0. The minimum Gasteiger partial charge on any atom is -0.478 e. The van der Waals surface area contributed by atoms with Crippen molar-refractivity contribution >= 4 is 17.6 Å². The monoisotopic (exact) mass is 300 g/mol. The first kappa shape index (κ1) is 14.4. The molecule has 0 bridgehead atoms. The largest absolute Gasteiger partial charge is 0.478 e. The fraction of sp³-hybridized carbons (Fsp3) is 0.0714. The number of hydrogen-bond donors (Lipinski definition) is 1. The van der Waals surface area contributed by atoms with E-state index in [9.17, 15) is 18.0 Å². The number of aromatic carboxylic acids is 1. The molecular weight excluding hydrogens is 293 g/mol. The van der Waals surface area contributed by atoms with Gasteiger partial charge < -0.3 is 5.11 Å². The average molecular weight is 301 g/mol. The first-order chi connectivity index (χ1) is 9.27. The fourth-order valence-corrected chi connectivity index (χ4v) is 1.99. The number of hydrogen-bond acceptors (Lipinski definition) is 1. The molecule has 0 aliphatic heterocycles. The topological polar surface area (TPSA) is 37.3 Å². The van der Waals surface area contributed by atoms with Crippen LogP contribution in [-0.4, -0.2) is 11.1 Å². The van der Waals surface area contributed by atoms with Crippen LogP contribution in [0.25, 0.3) is 11.1 Å². The smallest absolute Gasteiger partial charge is 0.416 e. The molecule has 6 heteroatoms. The summed E-state index contributed by atoms with van der Waals surface area (Å²) < 4.78 is 38.0. The van der Waals surface area contributed by atoms with E-state index in [-0.39, 0.29) is 16.1 Å². The summed E-state index contributed by atoms with van der Waals surface area (Å²) in [6, 6.07) is 8.57. The predicted molar refractivity (Wildman–Crippen MR) is 68.8 cm³/mol. The van der Waals surface area contributed by atoms with Crippen LogP contribution in [-0.2, 0) is 6.18 Å². The van der Waals surface area contributed by atoms with E-state index < -0.39 is 17.7 Å². The number of carboxylic acids is 1. The molecule has 0 unspecified atom stereocenters. The molecule has 2 aromatic carbocycles. The number of benzene rings is 2. The van der Waals surface area contributed by atoms with Crippen LogP contribution in [0.1, 0.15) is 15.9 Å². The first-order valence-electron chi connectivity index (χ1n) is 5.49. The van der Waals surface area contributed by atoms with Gasteiger partial charge >= 0.3 is 12.1 Å². The standard InChI is InChI=1S/C14H8ClF3O2/c15-12-6-9(4-10(7-12)13(19)20)8-2-1-3-11(5-8)14(16,17)18/h1-7H,(H,19,20). The normalized spacial score (nSPS) is 11.4. The summed E-state index contributed by atoms with van der Waals surface area (Å²) in [5, 5.41) is 9.08. The van der Waals surface area contributed by atoms with Gasteiger partial charge in [-0.1, -0.05) is 23.7 Å². The van der Waals surface area contributed by atoms with Gasteiger partial charge in [-0.05, 0) is 41.5 Å². The summed E-state index contributed by atoms with van der Waals surface area (Å²) in [5.74, 6) is -1.19. The molecule has 0 fully saturated rings. The molecule has 0 aromatic heterocycles. The number of carbonyl (C=O) groups is 1. The van der Waals surface area contributed by atoms with Gasteiger partial charge in [0.15, 0.2) is 0 Å². The third-order valence-corrected chi connectivity index (χ3v) is 2.89. The van der Waals surface area contributed by atoms with Gasteiger partial charge in [-0.2, -0.15) is 13.2 Å². The van der Waals surface area contributed by atoms with Crippen LogP contribution in [0.4, 0.5) is 13.2 Å². The highest BCUT2D eigenvalue weighted by Crippen LogP contribution is 2.33. The molecule has 2 aromatic rings. The van der Waals surface area contributed by atoms with E-state index in [0.717, 1.165) is 12.1 Å². The van der Waals surface area contributed by atoms with E-state index >= 15 is 0 Å². The molecule has 0 aliphatic rings. The quantitative estimate of drug-likeness (QED) is 0.871. The molecule has 0 atom stereocenters. The Morgan fingerprint density at radius 1 is 1.05 bits per heavy atom. The third-order valence-electron chi connectivity index (χ3n) is 2.67. The van der Waals surface area contributed by atoms with Crippen LogP contribution in [0.5, 0.6) is 0 Å². The number of halogens is 4. The highest BCUT2D eigenvalue weighted by molar-refractivity contribution is 6.31. The molecule has 0 heterocycles. The van der Waals surface area contributed by atoms with Crippen molar-refractivity contribution in [1.82, 2.24) is 0 Å². The number of rotatable bonds is 2. The zero-order valence-corrected chi connectivity index (χ0v) is 10.7. The van der Waals surface area contributed by atoms with Crippen molar-refractivity contribution < 1.29 is 23.1 Å². The second kappa shape index (κ2) is 5.17. The lowest BCUT2D eigenvalue weighted by Gasteiger charge is -2.09. The summed E-state index contributed by atoms with van der Waals surface area (Å²) in [7, 11) is 0. The first-order valence-corrected chi connectivity index (χ1v) is 5.87. The highest BCUT2D eigenvalue weighted by atomic mass is 35.5. The molecule has 0 amide bonds. The summed E-state index contributed by atoms with van der Waals surface area (Å²) >= 11 is 5.79. The lowest BCUT2D eigenvalue weighted by atomic mass is 10.0. The summed E-state index contributed by atoms with van der Waals surface area (Å²) in [5.41, 5.74) is -0.303. The molecule has 2 nitrogen and oxygen atoms in total. The average Bonchev–Trinajstić information content (AvgIpc) is 2.37. The Kier molecular flexibility index (Phi) is 3.72. The third kappa shape index (κ3) is 3.11. The van der Waals surface area contributed by atoms with E-state index in [4.69, 9.17) is 16.7 Å².